The number of rotatable bonds is 3. The number of hydrogen-bond donors (Lipinski definition) is 1. The molecule has 1 heterocycles. The molecule has 2 heteroatoms. The van der Waals surface area contributed by atoms with E-state index in [0.29, 0.717) is 5.41 Å². The first-order valence-corrected chi connectivity index (χ1v) is 6.51. The smallest absolute Gasteiger partial charge is 0.0477 e. The van der Waals surface area contributed by atoms with Crippen LogP contribution >= 0.6 is 0 Å². The average Bonchev–Trinajstić information content (AvgIpc) is 2.65. The maximum absolute atomic E-state index is 5.77. The van der Waals surface area contributed by atoms with Crippen molar-refractivity contribution < 1.29 is 0 Å². The van der Waals surface area contributed by atoms with Gasteiger partial charge in [0.25, 0.3) is 0 Å². The zero-order valence-electron chi connectivity index (χ0n) is 10.4. The van der Waals surface area contributed by atoms with Crippen LogP contribution in [0.3, 0.4) is 0 Å². The van der Waals surface area contributed by atoms with Gasteiger partial charge in [0.05, 0.1) is 0 Å². The maximum atomic E-state index is 5.77. The number of nitrogens with zero attached hydrogens (tertiary/aromatic N) is 1. The molecule has 0 aliphatic heterocycles. The minimum absolute atomic E-state index is 0.388. The second kappa shape index (κ2) is 3.88. The van der Waals surface area contributed by atoms with Crippen LogP contribution in [0.2, 0.25) is 0 Å². The molecule has 0 radical (unpaired) electrons. The van der Waals surface area contributed by atoms with E-state index in [-0.39, 0.29) is 0 Å². The van der Waals surface area contributed by atoms with Crippen LogP contribution < -0.4 is 5.73 Å². The second-order valence-electron chi connectivity index (χ2n) is 5.37. The summed E-state index contributed by atoms with van der Waals surface area (Å²) in [5.41, 5.74) is 8.97. The lowest BCUT2D eigenvalue weighted by atomic mass is 9.62. The molecule has 0 saturated heterocycles. The Bertz CT molecular complexity index is 535. The van der Waals surface area contributed by atoms with Gasteiger partial charge in [-0.15, -0.1) is 0 Å². The predicted octanol–water partition coefficient (Wildman–Crippen LogP) is 2.95. The second-order valence-corrected chi connectivity index (χ2v) is 5.37. The van der Waals surface area contributed by atoms with Crippen molar-refractivity contribution in [2.24, 2.45) is 12.8 Å². The standard InChI is InChI=1S/C15H20N2/c1-17-10-5-12-11-13(3-4-14(12)17)15(8-9-16)6-2-7-15/h3-5,10-11H,2,6-9,16H2,1H3. The van der Waals surface area contributed by atoms with Crippen molar-refractivity contribution in [3.05, 3.63) is 36.0 Å². The zero-order chi connectivity index (χ0) is 11.9. The number of benzene rings is 1. The Morgan fingerprint density at radius 1 is 1.29 bits per heavy atom. The summed E-state index contributed by atoms with van der Waals surface area (Å²) in [5.74, 6) is 0. The zero-order valence-corrected chi connectivity index (χ0v) is 10.4. The Hall–Kier alpha value is -1.28. The average molecular weight is 228 g/mol. The predicted molar refractivity (Wildman–Crippen MR) is 72.1 cm³/mol. The van der Waals surface area contributed by atoms with E-state index in [1.165, 1.54) is 35.7 Å². The molecule has 2 nitrogen and oxygen atoms in total. The Morgan fingerprint density at radius 2 is 2.12 bits per heavy atom. The molecule has 2 aromatic rings. The van der Waals surface area contributed by atoms with E-state index in [0.717, 1.165) is 13.0 Å². The highest BCUT2D eigenvalue weighted by molar-refractivity contribution is 5.81. The topological polar surface area (TPSA) is 30.9 Å². The first kappa shape index (κ1) is 10.8. The largest absolute Gasteiger partial charge is 0.351 e. The molecule has 1 aromatic heterocycles. The van der Waals surface area contributed by atoms with Crippen LogP contribution in [0, 0.1) is 0 Å². The van der Waals surface area contributed by atoms with Gasteiger partial charge in [0.15, 0.2) is 0 Å². The first-order valence-electron chi connectivity index (χ1n) is 6.51. The van der Waals surface area contributed by atoms with Crippen LogP contribution in [0.25, 0.3) is 10.9 Å². The fourth-order valence-electron chi connectivity index (χ4n) is 3.17. The summed E-state index contributed by atoms with van der Waals surface area (Å²) < 4.78 is 2.18. The summed E-state index contributed by atoms with van der Waals surface area (Å²) in [6.07, 6.45) is 7.23. The van der Waals surface area contributed by atoms with Gasteiger partial charge in [-0.1, -0.05) is 12.5 Å². The number of fused-ring (bicyclic) bond motifs is 1. The van der Waals surface area contributed by atoms with Crippen LogP contribution in [0.1, 0.15) is 31.2 Å². The molecule has 90 valence electrons. The molecule has 1 saturated carbocycles. The van der Waals surface area contributed by atoms with Gasteiger partial charge >= 0.3 is 0 Å². The highest BCUT2D eigenvalue weighted by Crippen LogP contribution is 2.46. The highest BCUT2D eigenvalue weighted by Gasteiger charge is 2.37. The van der Waals surface area contributed by atoms with Crippen LogP contribution in [0.5, 0.6) is 0 Å². The van der Waals surface area contributed by atoms with E-state index in [2.05, 4.69) is 42.1 Å². The third-order valence-electron chi connectivity index (χ3n) is 4.43. The van der Waals surface area contributed by atoms with Crippen LogP contribution in [-0.2, 0) is 12.5 Å². The Balaban J connectivity index is 2.05. The first-order chi connectivity index (χ1) is 8.25. The van der Waals surface area contributed by atoms with Crippen molar-refractivity contribution in [1.29, 1.82) is 0 Å². The van der Waals surface area contributed by atoms with Crippen molar-refractivity contribution in [3.63, 3.8) is 0 Å². The van der Waals surface area contributed by atoms with Crippen molar-refractivity contribution in [1.82, 2.24) is 4.57 Å². The van der Waals surface area contributed by atoms with E-state index in [1.54, 1.807) is 0 Å². The fourth-order valence-corrected chi connectivity index (χ4v) is 3.17. The summed E-state index contributed by atoms with van der Waals surface area (Å²) in [6.45, 7) is 0.798. The van der Waals surface area contributed by atoms with Crippen molar-refractivity contribution in [3.8, 4) is 0 Å². The monoisotopic (exact) mass is 228 g/mol. The van der Waals surface area contributed by atoms with E-state index >= 15 is 0 Å². The van der Waals surface area contributed by atoms with Gasteiger partial charge in [-0.25, -0.2) is 0 Å². The lowest BCUT2D eigenvalue weighted by Crippen LogP contribution is -2.36. The molecule has 17 heavy (non-hydrogen) atoms. The number of aromatic nitrogens is 1. The van der Waals surface area contributed by atoms with Gasteiger partial charge in [0.2, 0.25) is 0 Å². The maximum Gasteiger partial charge on any atom is 0.0477 e. The van der Waals surface area contributed by atoms with E-state index in [4.69, 9.17) is 5.73 Å². The van der Waals surface area contributed by atoms with E-state index in [1.807, 2.05) is 0 Å². The SMILES string of the molecule is Cn1ccc2cc(C3(CCN)CCC3)ccc21. The van der Waals surface area contributed by atoms with Gasteiger partial charge < -0.3 is 10.3 Å². The van der Waals surface area contributed by atoms with Crippen LogP contribution in [0.4, 0.5) is 0 Å². The van der Waals surface area contributed by atoms with E-state index in [9.17, 15) is 0 Å². The number of aryl methyl sites for hydroxylation is 1. The summed E-state index contributed by atoms with van der Waals surface area (Å²) in [7, 11) is 2.10. The van der Waals surface area contributed by atoms with Gasteiger partial charge in [-0.2, -0.15) is 0 Å². The normalized spacial score (nSPS) is 18.2. The third-order valence-corrected chi connectivity index (χ3v) is 4.43. The summed E-state index contributed by atoms with van der Waals surface area (Å²) >= 11 is 0. The number of nitrogens with two attached hydrogens (primary N) is 1. The Kier molecular flexibility index (Phi) is 2.48. The fraction of sp³-hybridized carbons (Fsp3) is 0.467. The molecule has 1 aromatic carbocycles. The molecule has 1 aliphatic rings. The lowest BCUT2D eigenvalue weighted by Gasteiger charge is -2.42. The van der Waals surface area contributed by atoms with Crippen molar-refractivity contribution >= 4 is 10.9 Å². The number of hydrogen-bond acceptors (Lipinski definition) is 1. The van der Waals surface area contributed by atoms with Gasteiger partial charge in [0, 0.05) is 18.8 Å². The third kappa shape index (κ3) is 1.59. The minimum Gasteiger partial charge on any atom is -0.351 e. The summed E-state index contributed by atoms with van der Waals surface area (Å²) in [6, 6.07) is 9.12. The quantitative estimate of drug-likeness (QED) is 0.860. The van der Waals surface area contributed by atoms with Gasteiger partial charge in [0.1, 0.15) is 0 Å². The molecular weight excluding hydrogens is 208 g/mol. The van der Waals surface area contributed by atoms with Gasteiger partial charge in [-0.3, -0.25) is 0 Å². The van der Waals surface area contributed by atoms with E-state index < -0.39 is 0 Å². The molecule has 1 fully saturated rings. The minimum atomic E-state index is 0.388. The molecular formula is C15H20N2. The molecule has 0 bridgehead atoms. The molecule has 0 spiro atoms. The molecule has 2 N–H and O–H groups in total. The summed E-state index contributed by atoms with van der Waals surface area (Å²) in [4.78, 5) is 0. The molecule has 0 atom stereocenters. The van der Waals surface area contributed by atoms with Crippen LogP contribution in [-0.4, -0.2) is 11.1 Å². The molecule has 0 unspecified atom stereocenters. The molecule has 3 rings (SSSR count). The van der Waals surface area contributed by atoms with Crippen LogP contribution in [0.15, 0.2) is 30.5 Å². The lowest BCUT2D eigenvalue weighted by molar-refractivity contribution is 0.229. The molecule has 1 aliphatic carbocycles. The Morgan fingerprint density at radius 3 is 2.76 bits per heavy atom. The summed E-state index contributed by atoms with van der Waals surface area (Å²) in [5, 5.41) is 1.35. The van der Waals surface area contributed by atoms with Gasteiger partial charge in [-0.05, 0) is 60.4 Å². The van der Waals surface area contributed by atoms with Crippen molar-refractivity contribution in [2.75, 3.05) is 6.54 Å². The Labute approximate surface area is 102 Å². The van der Waals surface area contributed by atoms with Crippen molar-refractivity contribution in [2.45, 2.75) is 31.1 Å². The molecule has 0 amide bonds. The highest BCUT2D eigenvalue weighted by atomic mass is 14.9.